The number of ketones is 1. The number of carbonyl (C=O) groups is 3. The van der Waals surface area contributed by atoms with Crippen LogP contribution in [-0.4, -0.2) is 30.9 Å². The maximum absolute atomic E-state index is 13.4. The quantitative estimate of drug-likeness (QED) is 0.431. The van der Waals surface area contributed by atoms with Crippen LogP contribution in [0.5, 0.6) is 0 Å². The average Bonchev–Trinajstić information content (AvgIpc) is 2.63. The smallest absolute Gasteiger partial charge is 0.312 e. The summed E-state index contributed by atoms with van der Waals surface area (Å²) in [4.78, 5) is 37.9. The second-order valence-corrected chi connectivity index (χ2v) is 9.55. The molecular weight excluding hydrogens is 332 g/mol. The molecule has 1 aliphatic heterocycles. The first-order valence-electron chi connectivity index (χ1n) is 9.90. The molecule has 5 aliphatic carbocycles. The Hall–Kier alpha value is -1.65. The lowest BCUT2D eigenvalue weighted by Crippen LogP contribution is -2.73. The summed E-state index contributed by atoms with van der Waals surface area (Å²) in [6, 6.07) is 0. The van der Waals surface area contributed by atoms with Crippen LogP contribution in [0.4, 0.5) is 0 Å². The third kappa shape index (κ3) is 1.62. The Morgan fingerprint density at radius 1 is 1.15 bits per heavy atom. The molecule has 5 heteroatoms. The molecule has 0 aromatic heterocycles. The van der Waals surface area contributed by atoms with Gasteiger partial charge in [0.1, 0.15) is 6.10 Å². The van der Waals surface area contributed by atoms with Gasteiger partial charge in [0.25, 0.3) is 6.47 Å². The number of ether oxygens (including phenoxy) is 2. The van der Waals surface area contributed by atoms with Gasteiger partial charge >= 0.3 is 5.97 Å². The summed E-state index contributed by atoms with van der Waals surface area (Å²) in [7, 11) is 0. The minimum atomic E-state index is -0.780. The number of fused-ring (bicyclic) bond motifs is 2. The summed E-state index contributed by atoms with van der Waals surface area (Å²) in [6.45, 7) is 7.20. The van der Waals surface area contributed by atoms with Crippen LogP contribution in [-0.2, 0) is 23.9 Å². The molecule has 6 rings (SSSR count). The molecule has 6 fully saturated rings. The van der Waals surface area contributed by atoms with E-state index in [0.717, 1.165) is 32.1 Å². The van der Waals surface area contributed by atoms with E-state index in [4.69, 9.17) is 9.47 Å². The highest BCUT2D eigenvalue weighted by Crippen LogP contribution is 2.73. The Labute approximate surface area is 153 Å². The summed E-state index contributed by atoms with van der Waals surface area (Å²) >= 11 is 0. The summed E-state index contributed by atoms with van der Waals surface area (Å²) < 4.78 is 11.3. The predicted octanol–water partition coefficient (Wildman–Crippen LogP) is 2.82. The van der Waals surface area contributed by atoms with Crippen LogP contribution in [0.3, 0.4) is 0 Å². The summed E-state index contributed by atoms with van der Waals surface area (Å²) in [5.41, 5.74) is -0.791. The van der Waals surface area contributed by atoms with Crippen LogP contribution >= 0.6 is 0 Å². The third-order valence-electron chi connectivity index (χ3n) is 8.84. The summed E-state index contributed by atoms with van der Waals surface area (Å²) in [5, 5.41) is 0. The van der Waals surface area contributed by atoms with E-state index >= 15 is 0 Å². The SMILES string of the molecule is C=C1C(=O)[C@]23CC[C@H]1CC2C12CCC[C@@](C)(COC1=O)C2C[C@H]3OC=O. The molecule has 3 unspecified atom stereocenters. The van der Waals surface area contributed by atoms with Crippen LogP contribution in [0.2, 0.25) is 0 Å². The standard InChI is InChI=1S/C21H26O5/c1-12-13-4-7-21(17(12)23)15(8-13)20-6-3-5-19(2,10-25-18(20)24)14(20)9-16(21)26-11-22/h11,13-16H,1,3-10H2,2H3/t13-,14?,15?,16+,19-,20?,21+/m0/s1. The zero-order chi connectivity index (χ0) is 18.3. The van der Waals surface area contributed by atoms with Gasteiger partial charge < -0.3 is 9.47 Å². The topological polar surface area (TPSA) is 69.7 Å². The van der Waals surface area contributed by atoms with Gasteiger partial charge in [-0.1, -0.05) is 19.9 Å². The lowest BCUT2D eigenvalue weighted by atomic mass is 9.35. The first-order valence-corrected chi connectivity index (χ1v) is 9.90. The van der Waals surface area contributed by atoms with Crippen LogP contribution in [0, 0.1) is 34.0 Å². The first-order chi connectivity index (χ1) is 12.4. The van der Waals surface area contributed by atoms with Gasteiger partial charge in [0, 0.05) is 5.41 Å². The fraction of sp³-hybridized carbons (Fsp3) is 0.762. The van der Waals surface area contributed by atoms with Crippen molar-refractivity contribution in [2.24, 2.45) is 34.0 Å². The number of hydrogen-bond donors (Lipinski definition) is 0. The van der Waals surface area contributed by atoms with E-state index in [1.165, 1.54) is 0 Å². The van der Waals surface area contributed by atoms with Crippen molar-refractivity contribution < 1.29 is 23.9 Å². The Morgan fingerprint density at radius 3 is 2.73 bits per heavy atom. The molecule has 5 saturated carbocycles. The Kier molecular flexibility index (Phi) is 3.17. The van der Waals surface area contributed by atoms with Gasteiger partial charge in [-0.3, -0.25) is 14.4 Å². The van der Waals surface area contributed by atoms with Crippen molar-refractivity contribution in [1.82, 2.24) is 0 Å². The van der Waals surface area contributed by atoms with Crippen molar-refractivity contribution in [2.75, 3.05) is 6.61 Å². The van der Waals surface area contributed by atoms with Gasteiger partial charge in [-0.05, 0) is 61.9 Å². The number of hydrogen-bond acceptors (Lipinski definition) is 5. The van der Waals surface area contributed by atoms with Crippen molar-refractivity contribution >= 4 is 18.2 Å². The lowest BCUT2D eigenvalue weighted by molar-refractivity contribution is -0.256. The van der Waals surface area contributed by atoms with Crippen molar-refractivity contribution in [3.8, 4) is 0 Å². The van der Waals surface area contributed by atoms with E-state index in [1.807, 2.05) is 0 Å². The minimum Gasteiger partial charge on any atom is -0.465 e. The van der Waals surface area contributed by atoms with E-state index in [0.29, 0.717) is 31.5 Å². The lowest BCUT2D eigenvalue weighted by Gasteiger charge is -2.69. The maximum atomic E-state index is 13.4. The number of carbonyl (C=O) groups excluding carboxylic acids is 3. The highest BCUT2D eigenvalue weighted by Gasteiger charge is 2.76. The Balaban J connectivity index is 1.72. The van der Waals surface area contributed by atoms with Crippen LogP contribution in [0.15, 0.2) is 12.2 Å². The van der Waals surface area contributed by atoms with Gasteiger partial charge in [0.05, 0.1) is 17.4 Å². The average molecular weight is 358 g/mol. The Morgan fingerprint density at radius 2 is 1.96 bits per heavy atom. The largest absolute Gasteiger partial charge is 0.465 e. The zero-order valence-corrected chi connectivity index (χ0v) is 15.3. The minimum absolute atomic E-state index is 0.0373. The molecule has 7 atom stereocenters. The highest BCUT2D eigenvalue weighted by molar-refractivity contribution is 6.03. The van der Waals surface area contributed by atoms with E-state index < -0.39 is 16.9 Å². The van der Waals surface area contributed by atoms with Gasteiger partial charge in [-0.15, -0.1) is 0 Å². The molecule has 0 N–H and O–H groups in total. The molecule has 0 aromatic carbocycles. The van der Waals surface area contributed by atoms with Gasteiger partial charge in [-0.25, -0.2) is 0 Å². The van der Waals surface area contributed by atoms with E-state index in [1.54, 1.807) is 0 Å². The molecule has 1 spiro atoms. The number of allylic oxidation sites excluding steroid dienone is 1. The molecule has 1 heterocycles. The van der Waals surface area contributed by atoms with Crippen molar-refractivity contribution in [1.29, 1.82) is 0 Å². The molecule has 5 nitrogen and oxygen atoms in total. The van der Waals surface area contributed by atoms with Crippen LogP contribution in [0.25, 0.3) is 0 Å². The van der Waals surface area contributed by atoms with Crippen molar-refractivity contribution in [2.45, 2.75) is 58.0 Å². The number of cyclic esters (lactones) is 1. The number of rotatable bonds is 2. The molecule has 0 aromatic rings. The van der Waals surface area contributed by atoms with Crippen LogP contribution in [0.1, 0.15) is 51.9 Å². The number of Topliss-reactive ketones (excluding diaryl/α,β-unsaturated/α-hetero) is 1. The van der Waals surface area contributed by atoms with Crippen molar-refractivity contribution in [3.05, 3.63) is 12.2 Å². The fourth-order valence-electron chi connectivity index (χ4n) is 7.73. The van der Waals surface area contributed by atoms with Crippen molar-refractivity contribution in [3.63, 3.8) is 0 Å². The zero-order valence-electron chi connectivity index (χ0n) is 15.3. The normalized spacial score (nSPS) is 52.0. The molecule has 6 aliphatic rings. The maximum Gasteiger partial charge on any atom is 0.312 e. The molecular formula is C21H26O5. The molecule has 140 valence electrons. The monoisotopic (exact) mass is 358 g/mol. The van der Waals surface area contributed by atoms with Gasteiger partial charge in [0.2, 0.25) is 0 Å². The molecule has 26 heavy (non-hydrogen) atoms. The first kappa shape index (κ1) is 16.5. The van der Waals surface area contributed by atoms with E-state index in [9.17, 15) is 14.4 Å². The van der Waals surface area contributed by atoms with Crippen LogP contribution < -0.4 is 0 Å². The molecule has 0 amide bonds. The van der Waals surface area contributed by atoms with E-state index in [-0.39, 0.29) is 34.9 Å². The molecule has 4 bridgehead atoms. The second kappa shape index (κ2) is 4.99. The van der Waals surface area contributed by atoms with Gasteiger partial charge in [0.15, 0.2) is 5.78 Å². The summed E-state index contributed by atoms with van der Waals surface area (Å²) in [5.74, 6) is 0.103. The summed E-state index contributed by atoms with van der Waals surface area (Å²) in [6.07, 6.45) is 5.33. The molecule has 0 radical (unpaired) electrons. The number of esters is 1. The Bertz CT molecular complexity index is 728. The second-order valence-electron chi connectivity index (χ2n) is 9.55. The third-order valence-corrected chi connectivity index (χ3v) is 8.84. The molecule has 1 saturated heterocycles. The highest BCUT2D eigenvalue weighted by atomic mass is 16.5. The van der Waals surface area contributed by atoms with Gasteiger partial charge in [-0.2, -0.15) is 0 Å². The predicted molar refractivity (Wildman–Crippen MR) is 91.8 cm³/mol. The fourth-order valence-corrected chi connectivity index (χ4v) is 7.73. The van der Waals surface area contributed by atoms with E-state index in [2.05, 4.69) is 13.5 Å².